The molecule has 0 aliphatic carbocycles. The van der Waals surface area contributed by atoms with Gasteiger partial charge in [0.2, 0.25) is 5.91 Å². The van der Waals surface area contributed by atoms with Crippen molar-refractivity contribution in [3.63, 3.8) is 0 Å². The minimum absolute atomic E-state index is 0.0265. The third kappa shape index (κ3) is 5.71. The van der Waals surface area contributed by atoms with Gasteiger partial charge in [0.05, 0.1) is 23.9 Å². The van der Waals surface area contributed by atoms with Crippen molar-refractivity contribution in [2.75, 3.05) is 23.3 Å². The number of nitriles is 1. The molecule has 2 amide bonds. The number of anilines is 2. The number of benzene rings is 1. The zero-order valence-electron chi connectivity index (χ0n) is 17.4. The van der Waals surface area contributed by atoms with E-state index in [4.69, 9.17) is 5.26 Å². The molecule has 1 N–H and O–H groups in total. The first-order valence-corrected chi connectivity index (χ1v) is 9.96. The molecule has 30 heavy (non-hydrogen) atoms. The van der Waals surface area contributed by atoms with Crippen LogP contribution in [0.15, 0.2) is 73.5 Å². The number of hydrogen-bond donors (Lipinski definition) is 1. The molecule has 2 aliphatic heterocycles. The molecule has 156 valence electrons. The number of hydrogen-bond acceptors (Lipinski definition) is 4. The number of allylic oxidation sites excluding steroid dienone is 3. The molecule has 1 saturated heterocycles. The molecule has 0 bridgehead atoms. The van der Waals surface area contributed by atoms with Crippen LogP contribution in [0.2, 0.25) is 0 Å². The average molecular weight is 405 g/mol. The summed E-state index contributed by atoms with van der Waals surface area (Å²) in [5.74, 6) is -0.527. The molecule has 2 aliphatic rings. The third-order valence-electron chi connectivity index (χ3n) is 4.70. The third-order valence-corrected chi connectivity index (χ3v) is 4.70. The Morgan fingerprint density at radius 2 is 2.07 bits per heavy atom. The monoisotopic (exact) mass is 404 g/mol. The molecule has 0 aromatic heterocycles. The Kier molecular flexibility index (Phi) is 8.64. The number of nitrogens with zero attached hydrogens (tertiary/aromatic N) is 3. The van der Waals surface area contributed by atoms with Gasteiger partial charge in [0.1, 0.15) is 6.04 Å². The maximum atomic E-state index is 12.9. The maximum absolute atomic E-state index is 12.9. The number of amides is 2. The van der Waals surface area contributed by atoms with E-state index in [0.717, 1.165) is 18.7 Å². The summed E-state index contributed by atoms with van der Waals surface area (Å²) in [6, 6.07) is 8.99. The zero-order valence-corrected chi connectivity index (χ0v) is 17.4. The normalized spacial score (nSPS) is 16.9. The van der Waals surface area contributed by atoms with Crippen LogP contribution in [0.3, 0.4) is 0 Å². The second kappa shape index (κ2) is 11.4. The van der Waals surface area contributed by atoms with Crippen LogP contribution in [-0.2, 0) is 9.59 Å². The first-order valence-electron chi connectivity index (χ1n) is 9.96. The predicted molar refractivity (Wildman–Crippen MR) is 121 cm³/mol. The highest BCUT2D eigenvalue weighted by atomic mass is 16.2. The highest BCUT2D eigenvalue weighted by Gasteiger charge is 2.35. The van der Waals surface area contributed by atoms with E-state index in [1.165, 1.54) is 4.90 Å². The van der Waals surface area contributed by atoms with E-state index >= 15 is 0 Å². The Balaban J connectivity index is 0.00000101. The van der Waals surface area contributed by atoms with Crippen LogP contribution in [0.4, 0.5) is 11.4 Å². The van der Waals surface area contributed by atoms with Gasteiger partial charge in [-0.25, -0.2) is 0 Å². The van der Waals surface area contributed by atoms with Crippen molar-refractivity contribution in [1.29, 1.82) is 5.26 Å². The summed E-state index contributed by atoms with van der Waals surface area (Å²) in [5, 5.41) is 11.8. The Hall–Kier alpha value is -3.59. The fourth-order valence-electron chi connectivity index (χ4n) is 3.35. The lowest BCUT2D eigenvalue weighted by Gasteiger charge is -2.27. The lowest BCUT2D eigenvalue weighted by Crippen LogP contribution is -2.43. The van der Waals surface area contributed by atoms with Crippen LogP contribution in [0.25, 0.3) is 0 Å². The number of carbonyl (C=O) groups excluding carboxylic acids is 2. The van der Waals surface area contributed by atoms with Crippen molar-refractivity contribution in [2.24, 2.45) is 0 Å². The van der Waals surface area contributed by atoms with Gasteiger partial charge in [-0.2, -0.15) is 5.26 Å². The second-order valence-corrected chi connectivity index (χ2v) is 6.93. The summed E-state index contributed by atoms with van der Waals surface area (Å²) in [5.41, 5.74) is 1.83. The Morgan fingerprint density at radius 1 is 1.33 bits per heavy atom. The molecular formula is C24H28N4O2. The fraction of sp³-hybridized carbons (Fsp3) is 0.292. The van der Waals surface area contributed by atoms with Crippen molar-refractivity contribution < 1.29 is 9.59 Å². The number of nitrogens with one attached hydrogen (secondary N) is 1. The molecule has 1 atom stereocenters. The van der Waals surface area contributed by atoms with Gasteiger partial charge in [-0.15, -0.1) is 6.58 Å². The minimum atomic E-state index is -0.544. The van der Waals surface area contributed by atoms with Gasteiger partial charge in [-0.1, -0.05) is 36.9 Å². The van der Waals surface area contributed by atoms with E-state index in [0.29, 0.717) is 18.7 Å². The molecule has 3 rings (SSSR count). The van der Waals surface area contributed by atoms with Crippen LogP contribution in [-0.4, -0.2) is 35.8 Å². The molecule has 0 spiro atoms. The van der Waals surface area contributed by atoms with Crippen molar-refractivity contribution in [3.8, 4) is 6.07 Å². The predicted octanol–water partition coefficient (Wildman–Crippen LogP) is 4.17. The van der Waals surface area contributed by atoms with Gasteiger partial charge < -0.3 is 15.1 Å². The summed E-state index contributed by atoms with van der Waals surface area (Å²) in [7, 11) is 0. The molecular weight excluding hydrogens is 376 g/mol. The van der Waals surface area contributed by atoms with E-state index < -0.39 is 6.04 Å². The Labute approximate surface area is 178 Å². The maximum Gasteiger partial charge on any atom is 0.250 e. The van der Waals surface area contributed by atoms with E-state index in [1.54, 1.807) is 6.08 Å². The van der Waals surface area contributed by atoms with Crippen LogP contribution in [0.1, 0.15) is 26.2 Å². The SMILES string of the molecule is C=C(CC#N)C(=O)N1CCC[C@H]1C(=O)Nc1ccccc1N1C=CC=CC1.C=CC. The first-order chi connectivity index (χ1) is 14.5. The zero-order chi connectivity index (χ0) is 21.9. The van der Waals surface area contributed by atoms with Crippen molar-refractivity contribution >= 4 is 23.2 Å². The quantitative estimate of drug-likeness (QED) is 0.590. The molecule has 0 saturated carbocycles. The first kappa shape index (κ1) is 22.7. The topological polar surface area (TPSA) is 76.4 Å². The van der Waals surface area contributed by atoms with E-state index in [9.17, 15) is 9.59 Å². The highest BCUT2D eigenvalue weighted by Crippen LogP contribution is 2.28. The Morgan fingerprint density at radius 3 is 2.73 bits per heavy atom. The van der Waals surface area contributed by atoms with Gasteiger partial charge in [-0.3, -0.25) is 9.59 Å². The van der Waals surface area contributed by atoms with Crippen molar-refractivity contribution in [3.05, 3.63) is 73.5 Å². The second-order valence-electron chi connectivity index (χ2n) is 6.93. The van der Waals surface area contributed by atoms with Gasteiger partial charge in [0.15, 0.2) is 0 Å². The molecule has 6 nitrogen and oxygen atoms in total. The lowest BCUT2D eigenvalue weighted by atomic mass is 10.1. The van der Waals surface area contributed by atoms with Crippen LogP contribution in [0, 0.1) is 11.3 Å². The van der Waals surface area contributed by atoms with Gasteiger partial charge in [0.25, 0.3) is 5.91 Å². The van der Waals surface area contributed by atoms with Gasteiger partial charge >= 0.3 is 0 Å². The molecule has 1 aromatic rings. The van der Waals surface area contributed by atoms with Gasteiger partial charge in [-0.05, 0) is 38.0 Å². The molecule has 0 unspecified atom stereocenters. The fourth-order valence-corrected chi connectivity index (χ4v) is 3.35. The molecule has 1 fully saturated rings. The van der Waals surface area contributed by atoms with Gasteiger partial charge in [0, 0.05) is 24.9 Å². The van der Waals surface area contributed by atoms with Crippen LogP contribution in [0.5, 0.6) is 0 Å². The summed E-state index contributed by atoms with van der Waals surface area (Å²) >= 11 is 0. The summed E-state index contributed by atoms with van der Waals surface area (Å²) < 4.78 is 0. The highest BCUT2D eigenvalue weighted by molar-refractivity contribution is 6.02. The number of rotatable bonds is 5. The standard InChI is InChI=1S/C21H22N4O2.C3H6/c1-16(11-12-22)21(27)25-15-7-10-19(25)20(26)23-17-8-3-4-9-18(17)24-13-5-2-6-14-24;1-3-2/h2-6,8-9,13,19H,1,7,10-11,14-15H2,(H,23,26);3H,1H2,2H3/t19-;/m0./s1. The smallest absolute Gasteiger partial charge is 0.250 e. The summed E-state index contributed by atoms with van der Waals surface area (Å²) in [6.45, 7) is 10.2. The minimum Gasteiger partial charge on any atom is -0.342 e. The summed E-state index contributed by atoms with van der Waals surface area (Å²) in [4.78, 5) is 29.0. The molecule has 2 heterocycles. The van der Waals surface area contributed by atoms with E-state index in [1.807, 2.05) is 66.6 Å². The van der Waals surface area contributed by atoms with E-state index in [2.05, 4.69) is 18.5 Å². The average Bonchev–Trinajstić information content (AvgIpc) is 3.25. The lowest BCUT2D eigenvalue weighted by molar-refractivity contribution is -0.133. The number of likely N-dealkylation sites (tertiary alicyclic amines) is 1. The van der Waals surface area contributed by atoms with Crippen LogP contribution >= 0.6 is 0 Å². The van der Waals surface area contributed by atoms with Crippen molar-refractivity contribution in [1.82, 2.24) is 4.90 Å². The molecule has 1 aromatic carbocycles. The molecule has 6 heteroatoms. The number of carbonyl (C=O) groups is 2. The number of para-hydroxylation sites is 2. The van der Waals surface area contributed by atoms with Crippen molar-refractivity contribution in [2.45, 2.75) is 32.2 Å². The largest absolute Gasteiger partial charge is 0.342 e. The Bertz CT molecular complexity index is 895. The molecule has 0 radical (unpaired) electrons. The van der Waals surface area contributed by atoms with Crippen LogP contribution < -0.4 is 10.2 Å². The van der Waals surface area contributed by atoms with E-state index in [-0.39, 0.29) is 23.8 Å². The summed E-state index contributed by atoms with van der Waals surface area (Å²) in [6.07, 6.45) is 11.0.